The number of quaternary nitrogens is 1. The number of carbonyl (C=O) groups is 3. The quantitative estimate of drug-likeness (QED) is 0.0195. The summed E-state index contributed by atoms with van der Waals surface area (Å²) in [6, 6.07) is 0. The van der Waals surface area contributed by atoms with Gasteiger partial charge >= 0.3 is 11.9 Å². The molecule has 69 heavy (non-hydrogen) atoms. The van der Waals surface area contributed by atoms with Gasteiger partial charge in [-0.2, -0.15) is 0 Å². The third-order valence-electron chi connectivity index (χ3n) is 12.2. The minimum Gasteiger partial charge on any atom is -0.545 e. The number of allylic oxidation sites excluding steroid dienone is 10. The molecule has 400 valence electrons. The summed E-state index contributed by atoms with van der Waals surface area (Å²) in [5.74, 6) is -2.29. The van der Waals surface area contributed by atoms with Crippen LogP contribution in [0, 0.1) is 0 Å². The fourth-order valence-electron chi connectivity index (χ4n) is 7.88. The van der Waals surface area contributed by atoms with Gasteiger partial charge in [-0.25, -0.2) is 0 Å². The smallest absolute Gasteiger partial charge is 0.306 e. The number of hydrogen-bond acceptors (Lipinski definition) is 8. The molecular weight excluding hydrogens is 863 g/mol. The second-order valence-corrected chi connectivity index (χ2v) is 20.2. The van der Waals surface area contributed by atoms with Gasteiger partial charge in [-0.15, -0.1) is 0 Å². The number of unbranched alkanes of at least 4 members (excludes halogenated alkanes) is 27. The Morgan fingerprint density at radius 3 is 1.25 bits per heavy atom. The highest BCUT2D eigenvalue weighted by Crippen LogP contribution is 2.16. The minimum atomic E-state index is -1.62. The first-order valence-electron chi connectivity index (χ1n) is 28.4. The van der Waals surface area contributed by atoms with Gasteiger partial charge in [-0.05, 0) is 77.0 Å². The predicted octanol–water partition coefficient (Wildman–Crippen LogP) is 15.1. The van der Waals surface area contributed by atoms with E-state index in [4.69, 9.17) is 18.9 Å². The van der Waals surface area contributed by atoms with Crippen molar-refractivity contribution in [3.05, 3.63) is 60.8 Å². The lowest BCUT2D eigenvalue weighted by molar-refractivity contribution is -0.870. The molecule has 0 radical (unpaired) electrons. The summed E-state index contributed by atoms with van der Waals surface area (Å²) in [7, 11) is 5.92. The molecule has 0 amide bonds. The van der Waals surface area contributed by atoms with Crippen LogP contribution in [-0.2, 0) is 33.3 Å². The van der Waals surface area contributed by atoms with Crippen LogP contribution in [0.2, 0.25) is 0 Å². The number of hydrogen-bond donors (Lipinski definition) is 0. The molecule has 2 unspecified atom stereocenters. The van der Waals surface area contributed by atoms with Gasteiger partial charge in [0.05, 0.1) is 40.3 Å². The van der Waals surface area contributed by atoms with Gasteiger partial charge in [0.15, 0.2) is 12.4 Å². The average molecular weight is 971 g/mol. The van der Waals surface area contributed by atoms with E-state index >= 15 is 0 Å². The van der Waals surface area contributed by atoms with Crippen LogP contribution in [-0.4, -0.2) is 82.3 Å². The number of rotatable bonds is 52. The first kappa shape index (κ1) is 66.0. The minimum absolute atomic E-state index is 0.146. The van der Waals surface area contributed by atoms with Gasteiger partial charge < -0.3 is 33.3 Å². The topological polar surface area (TPSA) is 111 Å². The highest BCUT2D eigenvalue weighted by molar-refractivity contribution is 5.70. The molecule has 2 atom stereocenters. The van der Waals surface area contributed by atoms with Crippen molar-refractivity contribution in [2.24, 2.45) is 0 Å². The fourth-order valence-corrected chi connectivity index (χ4v) is 7.88. The Morgan fingerprint density at radius 2 is 0.826 bits per heavy atom. The molecule has 0 aromatic carbocycles. The molecule has 0 N–H and O–H groups in total. The summed E-state index contributed by atoms with van der Waals surface area (Å²) in [6.45, 7) is 4.64. The number of ether oxygens (including phenoxy) is 4. The lowest BCUT2D eigenvalue weighted by Crippen LogP contribution is -2.44. The van der Waals surface area contributed by atoms with Crippen LogP contribution >= 0.6 is 0 Å². The van der Waals surface area contributed by atoms with Gasteiger partial charge in [0, 0.05) is 12.8 Å². The highest BCUT2D eigenvalue weighted by atomic mass is 16.7. The van der Waals surface area contributed by atoms with Crippen LogP contribution < -0.4 is 5.11 Å². The van der Waals surface area contributed by atoms with Crippen molar-refractivity contribution in [3.63, 3.8) is 0 Å². The number of likely N-dealkylation sites (N-methyl/N-ethyl adjacent to an activating group) is 1. The Kier molecular flexibility index (Phi) is 49.1. The van der Waals surface area contributed by atoms with Crippen molar-refractivity contribution in [2.45, 2.75) is 257 Å². The van der Waals surface area contributed by atoms with Gasteiger partial charge in [0.25, 0.3) is 0 Å². The summed E-state index contributed by atoms with van der Waals surface area (Å²) in [6.07, 6.45) is 61.3. The van der Waals surface area contributed by atoms with E-state index in [1.807, 2.05) is 21.1 Å². The van der Waals surface area contributed by atoms with Gasteiger partial charge in [0.2, 0.25) is 0 Å². The van der Waals surface area contributed by atoms with E-state index < -0.39 is 24.3 Å². The van der Waals surface area contributed by atoms with E-state index in [9.17, 15) is 19.5 Å². The average Bonchev–Trinajstić information content (AvgIpc) is 3.31. The van der Waals surface area contributed by atoms with E-state index in [0.29, 0.717) is 17.4 Å². The molecule has 0 aliphatic rings. The Balaban J connectivity index is 4.18. The van der Waals surface area contributed by atoms with Crippen molar-refractivity contribution < 1.29 is 42.9 Å². The molecular formula is C60H107NO8. The zero-order valence-electron chi connectivity index (χ0n) is 45.4. The number of carboxylic acid groups (broad SMARTS) is 1. The highest BCUT2D eigenvalue weighted by Gasteiger charge is 2.22. The molecule has 9 nitrogen and oxygen atoms in total. The normalized spacial score (nSPS) is 13.2. The van der Waals surface area contributed by atoms with Gasteiger partial charge in [-0.3, -0.25) is 9.59 Å². The number of carbonyl (C=O) groups excluding carboxylic acids is 3. The first-order chi connectivity index (χ1) is 33.6. The molecule has 0 aliphatic heterocycles. The summed E-state index contributed by atoms with van der Waals surface area (Å²) in [5.41, 5.74) is 0. The van der Waals surface area contributed by atoms with Crippen LogP contribution in [0.3, 0.4) is 0 Å². The predicted molar refractivity (Wildman–Crippen MR) is 288 cm³/mol. The molecule has 0 fully saturated rings. The molecule has 0 rings (SSSR count). The third-order valence-corrected chi connectivity index (χ3v) is 12.2. The second-order valence-electron chi connectivity index (χ2n) is 20.2. The fraction of sp³-hybridized carbons (Fsp3) is 0.783. The maximum Gasteiger partial charge on any atom is 0.306 e. The lowest BCUT2D eigenvalue weighted by Gasteiger charge is -2.26. The van der Waals surface area contributed by atoms with Crippen molar-refractivity contribution in [3.8, 4) is 0 Å². The van der Waals surface area contributed by atoms with Crippen LogP contribution in [0.4, 0.5) is 0 Å². The monoisotopic (exact) mass is 970 g/mol. The maximum absolute atomic E-state index is 12.8. The summed E-state index contributed by atoms with van der Waals surface area (Å²) in [5, 5.41) is 11.8. The van der Waals surface area contributed by atoms with E-state index in [1.54, 1.807) is 0 Å². The molecule has 0 saturated carbocycles. The van der Waals surface area contributed by atoms with E-state index in [1.165, 1.54) is 135 Å². The second kappa shape index (κ2) is 51.3. The number of nitrogens with zero attached hydrogens (tertiary/aromatic N) is 1. The standard InChI is InChI=1S/C60H107NO8/c1-6-8-10-12-14-16-18-20-22-23-24-25-26-27-28-29-30-31-32-33-34-35-37-39-41-43-45-47-49-51-58(63)69-56(55-68-60(59(64)65)66-53-52-61(3,4)5)54-67-57(62)50-48-46-44-42-40-38-36-21-19-17-15-13-11-9-7-2/h8,10,14,16,20-22,24-25,36,56,60H,6-7,9,11-13,15,17-19,23,26-35,37-55H2,1-5H3/b10-8-,16-14-,22-20-,25-24-,36-21-. The molecule has 0 aromatic heterocycles. The third kappa shape index (κ3) is 52.6. The summed E-state index contributed by atoms with van der Waals surface area (Å²) >= 11 is 0. The molecule has 0 spiro atoms. The molecule has 0 aromatic rings. The molecule has 0 heterocycles. The van der Waals surface area contributed by atoms with Gasteiger partial charge in [-0.1, -0.05) is 216 Å². The Hall–Kier alpha value is -3.01. The van der Waals surface area contributed by atoms with Crippen LogP contribution in [0.25, 0.3) is 0 Å². The Bertz CT molecular complexity index is 1310. The number of aliphatic carboxylic acids is 1. The van der Waals surface area contributed by atoms with Crippen molar-refractivity contribution in [1.82, 2.24) is 0 Å². The van der Waals surface area contributed by atoms with Crippen molar-refractivity contribution in [1.29, 1.82) is 0 Å². The first-order valence-corrected chi connectivity index (χ1v) is 28.4. The van der Waals surface area contributed by atoms with E-state index in [2.05, 4.69) is 74.6 Å². The van der Waals surface area contributed by atoms with Crippen molar-refractivity contribution >= 4 is 17.9 Å². The zero-order chi connectivity index (χ0) is 50.6. The zero-order valence-corrected chi connectivity index (χ0v) is 45.4. The maximum atomic E-state index is 12.8. The number of esters is 2. The molecule has 0 aliphatic carbocycles. The largest absolute Gasteiger partial charge is 0.545 e. The van der Waals surface area contributed by atoms with Crippen LogP contribution in [0.1, 0.15) is 245 Å². The summed E-state index contributed by atoms with van der Waals surface area (Å²) < 4.78 is 22.7. The molecule has 9 heteroatoms. The molecule has 0 saturated heterocycles. The Morgan fingerprint density at radius 1 is 0.449 bits per heavy atom. The Labute approximate surface area is 425 Å². The van der Waals surface area contributed by atoms with Crippen molar-refractivity contribution in [2.75, 3.05) is 47.5 Å². The van der Waals surface area contributed by atoms with Crippen LogP contribution in [0.5, 0.6) is 0 Å². The van der Waals surface area contributed by atoms with E-state index in [0.717, 1.165) is 77.0 Å². The van der Waals surface area contributed by atoms with Gasteiger partial charge in [0.1, 0.15) is 13.2 Å². The van der Waals surface area contributed by atoms with E-state index in [-0.39, 0.29) is 38.6 Å². The lowest BCUT2D eigenvalue weighted by atomic mass is 10.0. The number of carboxylic acids is 1. The SMILES string of the molecule is CC/C=C\C/C=C\C/C=C\C/C=C\CCCCCCCCCCCCCCCCCCC(=O)OC(COC(=O)CCCCCCC/C=C\CCCCCCCC)COC(OCC[N+](C)(C)C)C(=O)[O-]. The van der Waals surface area contributed by atoms with Crippen LogP contribution in [0.15, 0.2) is 60.8 Å². The molecule has 0 bridgehead atoms. The summed E-state index contributed by atoms with van der Waals surface area (Å²) in [4.78, 5) is 37.2.